The average molecular weight is 495 g/mol. The lowest BCUT2D eigenvalue weighted by Crippen LogP contribution is -2.45. The van der Waals surface area contributed by atoms with Crippen LogP contribution in [0.5, 0.6) is 0 Å². The molecule has 3 aromatic heterocycles. The van der Waals surface area contributed by atoms with E-state index < -0.39 is 5.60 Å². The number of furan rings is 1. The van der Waals surface area contributed by atoms with E-state index in [1.165, 1.54) is 5.56 Å². The van der Waals surface area contributed by atoms with Crippen molar-refractivity contribution < 1.29 is 14.3 Å². The average Bonchev–Trinajstić information content (AvgIpc) is 3.55. The van der Waals surface area contributed by atoms with Crippen molar-refractivity contribution in [3.63, 3.8) is 0 Å². The number of hydrogen-bond acceptors (Lipinski definition) is 5. The largest absolute Gasteiger partial charge is 0.456 e. The lowest BCUT2D eigenvalue weighted by Gasteiger charge is -2.37. The van der Waals surface area contributed by atoms with E-state index in [1.54, 1.807) is 6.20 Å². The summed E-state index contributed by atoms with van der Waals surface area (Å²) in [6.07, 6.45) is 4.78. The number of H-pyrrole nitrogens is 1. The fourth-order valence-corrected chi connectivity index (χ4v) is 5.14. The van der Waals surface area contributed by atoms with Gasteiger partial charge in [0, 0.05) is 30.1 Å². The Labute approximate surface area is 215 Å². The number of amides is 1. The molecular weight excluding hydrogens is 464 g/mol. The molecule has 0 saturated carbocycles. The number of nitrogens with zero attached hydrogens (tertiary/aromatic N) is 3. The fourth-order valence-electron chi connectivity index (χ4n) is 5.14. The number of carbonyl (C=O) groups excluding carboxylic acids is 1. The summed E-state index contributed by atoms with van der Waals surface area (Å²) in [7, 11) is 0. The Morgan fingerprint density at radius 3 is 2.57 bits per heavy atom. The Balaban J connectivity index is 1.12. The minimum absolute atomic E-state index is 0.0638. The van der Waals surface area contributed by atoms with Crippen LogP contribution in [0.4, 0.5) is 0 Å². The first-order valence-electron chi connectivity index (χ1n) is 12.8. The minimum Gasteiger partial charge on any atom is -0.456 e. The van der Waals surface area contributed by atoms with E-state index in [9.17, 15) is 9.90 Å². The quantitative estimate of drug-likeness (QED) is 0.334. The van der Waals surface area contributed by atoms with Crippen LogP contribution in [0.25, 0.3) is 33.5 Å². The summed E-state index contributed by atoms with van der Waals surface area (Å²) in [6.45, 7) is 5.24. The molecule has 6 rings (SSSR count). The molecule has 1 aliphatic rings. The van der Waals surface area contributed by atoms with Crippen LogP contribution in [0.3, 0.4) is 0 Å². The van der Waals surface area contributed by atoms with Crippen LogP contribution in [-0.2, 0) is 16.8 Å². The number of aliphatic hydroxyl groups is 1. The number of benzene rings is 2. The Kier molecular flexibility index (Phi) is 5.80. The van der Waals surface area contributed by atoms with Gasteiger partial charge in [0.25, 0.3) is 0 Å². The molecule has 1 aliphatic heterocycles. The van der Waals surface area contributed by atoms with Crippen molar-refractivity contribution in [1.82, 2.24) is 19.9 Å². The van der Waals surface area contributed by atoms with Crippen LogP contribution < -0.4 is 0 Å². The van der Waals surface area contributed by atoms with Gasteiger partial charge >= 0.3 is 0 Å². The van der Waals surface area contributed by atoms with Crippen molar-refractivity contribution in [3.8, 4) is 11.5 Å². The Morgan fingerprint density at radius 2 is 1.81 bits per heavy atom. The summed E-state index contributed by atoms with van der Waals surface area (Å²) >= 11 is 0. The topological polar surface area (TPSA) is 95.3 Å². The zero-order valence-electron chi connectivity index (χ0n) is 21.1. The summed E-state index contributed by atoms with van der Waals surface area (Å²) in [5.41, 5.74) is 4.17. The van der Waals surface area contributed by atoms with Crippen molar-refractivity contribution in [1.29, 1.82) is 0 Å². The van der Waals surface area contributed by atoms with Gasteiger partial charge in [-0.05, 0) is 54.2 Å². The summed E-state index contributed by atoms with van der Waals surface area (Å²) in [5.74, 6) is 1.11. The summed E-state index contributed by atoms with van der Waals surface area (Å²) in [5, 5.41) is 13.4. The lowest BCUT2D eigenvalue weighted by atomic mass is 9.88. The lowest BCUT2D eigenvalue weighted by molar-refractivity contribution is -0.135. The number of para-hydroxylation sites is 1. The fraction of sp³-hybridized carbons (Fsp3) is 0.300. The molecule has 1 saturated heterocycles. The monoisotopic (exact) mass is 494 g/mol. The highest BCUT2D eigenvalue weighted by Crippen LogP contribution is 2.34. The number of carbonyl (C=O) groups is 1. The number of imidazole rings is 1. The molecule has 188 valence electrons. The highest BCUT2D eigenvalue weighted by atomic mass is 16.3. The van der Waals surface area contributed by atoms with Gasteiger partial charge < -0.3 is 19.4 Å². The van der Waals surface area contributed by atoms with Gasteiger partial charge in [-0.15, -0.1) is 0 Å². The molecule has 0 unspecified atom stereocenters. The van der Waals surface area contributed by atoms with E-state index in [0.29, 0.717) is 49.8 Å². The Bertz CT molecular complexity index is 1570. The number of nitrogens with one attached hydrogen (secondary N) is 1. The number of rotatable bonds is 5. The molecule has 2 aromatic carbocycles. The smallest absolute Gasteiger partial charge is 0.226 e. The number of hydrogen-bond donors (Lipinski definition) is 2. The number of fused-ring (bicyclic) bond motifs is 3. The SMILES string of the molecule is CC(C)c1ccc(-c2ncc(C3(O)CCN(C(=O)Cc4ccc5oc6ccccc6c5c4)CC3)[nH]2)nc1. The van der Waals surface area contributed by atoms with Crippen molar-refractivity contribution in [2.75, 3.05) is 13.1 Å². The highest BCUT2D eigenvalue weighted by Gasteiger charge is 2.37. The van der Waals surface area contributed by atoms with E-state index in [2.05, 4.69) is 34.9 Å². The Hall–Kier alpha value is -3.97. The number of aromatic amines is 1. The second-order valence-electron chi connectivity index (χ2n) is 10.3. The van der Waals surface area contributed by atoms with Crippen LogP contribution >= 0.6 is 0 Å². The van der Waals surface area contributed by atoms with Gasteiger partial charge in [0.2, 0.25) is 5.91 Å². The number of pyridine rings is 1. The first kappa shape index (κ1) is 23.4. The maximum Gasteiger partial charge on any atom is 0.226 e. The predicted molar refractivity (Wildman–Crippen MR) is 143 cm³/mol. The van der Waals surface area contributed by atoms with Crippen molar-refractivity contribution in [2.24, 2.45) is 0 Å². The van der Waals surface area contributed by atoms with E-state index in [4.69, 9.17) is 4.42 Å². The van der Waals surface area contributed by atoms with Crippen molar-refractivity contribution >= 4 is 27.8 Å². The number of aromatic nitrogens is 3. The second kappa shape index (κ2) is 9.16. The first-order chi connectivity index (χ1) is 17.9. The van der Waals surface area contributed by atoms with E-state index in [-0.39, 0.29) is 5.91 Å². The van der Waals surface area contributed by atoms with Crippen molar-refractivity contribution in [2.45, 2.75) is 44.6 Å². The van der Waals surface area contributed by atoms with Gasteiger partial charge in [-0.3, -0.25) is 9.78 Å². The minimum atomic E-state index is -1.05. The highest BCUT2D eigenvalue weighted by molar-refractivity contribution is 6.05. The van der Waals surface area contributed by atoms with Crippen LogP contribution in [0, 0.1) is 0 Å². The zero-order chi connectivity index (χ0) is 25.6. The summed E-state index contributed by atoms with van der Waals surface area (Å²) in [4.78, 5) is 27.2. The van der Waals surface area contributed by atoms with E-state index >= 15 is 0 Å². The van der Waals surface area contributed by atoms with E-state index in [1.807, 2.05) is 59.6 Å². The predicted octanol–water partition coefficient (Wildman–Crippen LogP) is 5.55. The zero-order valence-corrected chi connectivity index (χ0v) is 21.1. The molecule has 0 radical (unpaired) electrons. The molecule has 7 heteroatoms. The van der Waals surface area contributed by atoms with Gasteiger partial charge in [-0.1, -0.05) is 44.2 Å². The van der Waals surface area contributed by atoms with Gasteiger partial charge in [-0.2, -0.15) is 0 Å². The third kappa shape index (κ3) is 4.40. The molecule has 0 atom stereocenters. The van der Waals surface area contributed by atoms with E-state index in [0.717, 1.165) is 33.2 Å². The molecule has 1 amide bonds. The van der Waals surface area contributed by atoms with Crippen molar-refractivity contribution in [3.05, 3.63) is 83.8 Å². The normalized spacial score (nSPS) is 15.6. The van der Waals surface area contributed by atoms with Crippen LogP contribution in [0.15, 0.2) is 71.4 Å². The molecule has 7 nitrogen and oxygen atoms in total. The Morgan fingerprint density at radius 1 is 1.03 bits per heavy atom. The molecular formula is C30H30N4O3. The standard InChI is InChI=1S/C30H30N4O3/c1-19(2)21-8-9-24(31-17-21)29-32-18-27(33-29)30(36)11-13-34(14-12-30)28(35)16-20-7-10-26-23(15-20)22-5-3-4-6-25(22)37-26/h3-10,15,17-19,36H,11-14,16H2,1-2H3,(H,32,33). The van der Waals surface area contributed by atoms with Crippen LogP contribution in [0.1, 0.15) is 49.4 Å². The number of piperidine rings is 1. The first-order valence-corrected chi connectivity index (χ1v) is 12.8. The summed E-state index contributed by atoms with van der Waals surface area (Å²) < 4.78 is 5.90. The molecule has 2 N–H and O–H groups in total. The molecule has 37 heavy (non-hydrogen) atoms. The van der Waals surface area contributed by atoms with Gasteiger partial charge in [0.1, 0.15) is 22.5 Å². The number of likely N-dealkylation sites (tertiary alicyclic amines) is 1. The third-order valence-corrected chi connectivity index (χ3v) is 7.51. The second-order valence-corrected chi connectivity index (χ2v) is 10.3. The molecule has 5 aromatic rings. The molecule has 0 spiro atoms. The van der Waals surface area contributed by atoms with Crippen LogP contribution in [0.2, 0.25) is 0 Å². The molecule has 4 heterocycles. The third-order valence-electron chi connectivity index (χ3n) is 7.51. The van der Waals surface area contributed by atoms with Crippen LogP contribution in [-0.4, -0.2) is 44.0 Å². The van der Waals surface area contributed by atoms with Gasteiger partial charge in [0.15, 0.2) is 5.82 Å². The molecule has 0 aliphatic carbocycles. The maximum atomic E-state index is 13.1. The van der Waals surface area contributed by atoms with Gasteiger partial charge in [0.05, 0.1) is 18.3 Å². The summed E-state index contributed by atoms with van der Waals surface area (Å²) in [6, 6.07) is 17.9. The molecule has 1 fully saturated rings. The molecule has 0 bridgehead atoms. The van der Waals surface area contributed by atoms with Gasteiger partial charge in [-0.25, -0.2) is 4.98 Å². The maximum absolute atomic E-state index is 13.1.